The SMILES string of the molecule is CO[Si](OC)(OC)C(CCN)CCNC=Cc1ccccc1C(=O)C(=O)c1ccccc1. The summed E-state index contributed by atoms with van der Waals surface area (Å²) < 4.78 is 16.8. The maximum Gasteiger partial charge on any atom is 0.503 e. The highest BCUT2D eigenvalue weighted by molar-refractivity contribution is 6.62. The van der Waals surface area contributed by atoms with Gasteiger partial charge in [0.2, 0.25) is 11.6 Å². The summed E-state index contributed by atoms with van der Waals surface area (Å²) >= 11 is 0. The molecule has 0 radical (unpaired) electrons. The van der Waals surface area contributed by atoms with Crippen LogP contribution in [0, 0.1) is 0 Å². The lowest BCUT2D eigenvalue weighted by Crippen LogP contribution is -2.48. The summed E-state index contributed by atoms with van der Waals surface area (Å²) in [5.74, 6) is -1.06. The van der Waals surface area contributed by atoms with Gasteiger partial charge in [0.25, 0.3) is 0 Å². The van der Waals surface area contributed by atoms with Gasteiger partial charge >= 0.3 is 8.80 Å². The maximum atomic E-state index is 12.8. The summed E-state index contributed by atoms with van der Waals surface area (Å²) in [6.07, 6.45) is 5.04. The van der Waals surface area contributed by atoms with E-state index in [-0.39, 0.29) is 5.54 Å². The zero-order chi connectivity index (χ0) is 23.4. The molecule has 0 spiro atoms. The fourth-order valence-corrected chi connectivity index (χ4v) is 6.15. The maximum absolute atomic E-state index is 12.8. The van der Waals surface area contributed by atoms with Crippen LogP contribution in [0.1, 0.15) is 39.1 Å². The molecule has 2 rings (SSSR count). The number of carbonyl (C=O) groups excluding carboxylic acids is 2. The average molecular weight is 457 g/mol. The van der Waals surface area contributed by atoms with Crippen molar-refractivity contribution in [3.63, 3.8) is 0 Å². The van der Waals surface area contributed by atoms with Crippen molar-refractivity contribution in [1.82, 2.24) is 5.32 Å². The Bertz CT molecular complexity index is 892. The third kappa shape index (κ3) is 6.44. The molecule has 0 amide bonds. The second kappa shape index (κ2) is 13.0. The topological polar surface area (TPSA) is 99.9 Å². The number of hydrogen-bond donors (Lipinski definition) is 2. The second-order valence-corrected chi connectivity index (χ2v) is 10.4. The summed E-state index contributed by atoms with van der Waals surface area (Å²) in [5, 5.41) is 3.23. The monoisotopic (exact) mass is 456 g/mol. The first-order valence-corrected chi connectivity index (χ1v) is 12.3. The van der Waals surface area contributed by atoms with Crippen LogP contribution in [0.2, 0.25) is 5.54 Å². The van der Waals surface area contributed by atoms with Gasteiger partial charge in [0.1, 0.15) is 0 Å². The molecular weight excluding hydrogens is 424 g/mol. The smallest absolute Gasteiger partial charge is 0.391 e. The van der Waals surface area contributed by atoms with Crippen LogP contribution in [0.25, 0.3) is 6.08 Å². The molecule has 1 atom stereocenters. The second-order valence-electron chi connectivity index (χ2n) is 7.18. The fourth-order valence-electron chi connectivity index (χ4n) is 3.63. The number of hydrogen-bond acceptors (Lipinski definition) is 7. The zero-order valence-electron chi connectivity index (χ0n) is 18.9. The molecule has 0 saturated heterocycles. The Kier molecular flexibility index (Phi) is 10.5. The van der Waals surface area contributed by atoms with Crippen LogP contribution in [0.3, 0.4) is 0 Å². The van der Waals surface area contributed by atoms with Crippen LogP contribution in [-0.4, -0.2) is 54.8 Å². The largest absolute Gasteiger partial charge is 0.503 e. The molecule has 0 aliphatic carbocycles. The van der Waals surface area contributed by atoms with Crippen molar-refractivity contribution in [2.45, 2.75) is 18.4 Å². The molecule has 1 unspecified atom stereocenters. The Morgan fingerprint density at radius 1 is 0.938 bits per heavy atom. The Morgan fingerprint density at radius 3 is 2.19 bits per heavy atom. The van der Waals surface area contributed by atoms with Crippen LogP contribution in [0.4, 0.5) is 0 Å². The van der Waals surface area contributed by atoms with Gasteiger partial charge in [0.05, 0.1) is 0 Å². The van der Waals surface area contributed by atoms with E-state index in [0.717, 1.165) is 12.8 Å². The Morgan fingerprint density at radius 2 is 1.56 bits per heavy atom. The lowest BCUT2D eigenvalue weighted by Gasteiger charge is -2.32. The molecule has 0 heterocycles. The number of ketones is 2. The van der Waals surface area contributed by atoms with Crippen molar-refractivity contribution in [2.75, 3.05) is 34.4 Å². The minimum Gasteiger partial charge on any atom is -0.391 e. The van der Waals surface area contributed by atoms with Crippen molar-refractivity contribution in [2.24, 2.45) is 5.73 Å². The van der Waals surface area contributed by atoms with E-state index in [4.69, 9.17) is 19.0 Å². The van der Waals surface area contributed by atoms with Gasteiger partial charge in [0.15, 0.2) is 0 Å². The molecule has 0 aromatic heterocycles. The van der Waals surface area contributed by atoms with E-state index in [1.54, 1.807) is 82.1 Å². The molecule has 0 fully saturated rings. The summed E-state index contributed by atoms with van der Waals surface area (Å²) in [4.78, 5) is 25.3. The Hall–Kier alpha value is -2.62. The quantitative estimate of drug-likeness (QED) is 0.195. The molecule has 2 aromatic carbocycles. The van der Waals surface area contributed by atoms with Gasteiger partial charge < -0.3 is 24.3 Å². The highest BCUT2D eigenvalue weighted by Gasteiger charge is 2.46. The number of nitrogens with one attached hydrogen (secondary N) is 1. The van der Waals surface area contributed by atoms with Gasteiger partial charge in [-0.05, 0) is 37.2 Å². The molecule has 7 nitrogen and oxygen atoms in total. The highest BCUT2D eigenvalue weighted by Crippen LogP contribution is 2.30. The number of Topliss-reactive ketones (excluding diaryl/α,β-unsaturated/α-hetero) is 2. The molecule has 0 aliphatic heterocycles. The number of rotatable bonds is 14. The molecule has 0 aliphatic rings. The third-order valence-corrected chi connectivity index (χ3v) is 8.62. The summed E-state index contributed by atoms with van der Waals surface area (Å²) in [6.45, 7) is 1.15. The van der Waals surface area contributed by atoms with Gasteiger partial charge in [-0.15, -0.1) is 0 Å². The van der Waals surface area contributed by atoms with Crippen molar-refractivity contribution in [3.05, 3.63) is 77.5 Å². The third-order valence-electron chi connectivity index (χ3n) is 5.33. The number of nitrogens with two attached hydrogens (primary N) is 1. The number of benzene rings is 2. The van der Waals surface area contributed by atoms with Gasteiger partial charge in [-0.1, -0.05) is 54.6 Å². The van der Waals surface area contributed by atoms with Gasteiger partial charge in [-0.3, -0.25) is 9.59 Å². The van der Waals surface area contributed by atoms with E-state index in [9.17, 15) is 9.59 Å². The van der Waals surface area contributed by atoms with E-state index < -0.39 is 20.4 Å². The van der Waals surface area contributed by atoms with Gasteiger partial charge in [-0.25, -0.2) is 0 Å². The van der Waals surface area contributed by atoms with E-state index in [0.29, 0.717) is 29.8 Å². The van der Waals surface area contributed by atoms with E-state index in [1.807, 2.05) is 6.07 Å². The Balaban J connectivity index is 2.04. The number of carbonyl (C=O) groups is 2. The standard InChI is InChI=1S/C24H32N2O5Si/c1-29-32(30-2,31-3)21(13-16-25)15-18-26-17-14-19-9-7-8-12-22(19)24(28)23(27)20-10-5-4-6-11-20/h4-12,14,17,21,26H,13,15-16,18,25H2,1-3H3. The van der Waals surface area contributed by atoms with Crippen molar-refractivity contribution in [1.29, 1.82) is 0 Å². The van der Waals surface area contributed by atoms with Crippen LogP contribution >= 0.6 is 0 Å². The molecule has 8 heteroatoms. The predicted octanol–water partition coefficient (Wildman–Crippen LogP) is 3.30. The molecule has 0 saturated carbocycles. The normalized spacial score (nSPS) is 12.6. The fraction of sp³-hybridized carbons (Fsp3) is 0.333. The lowest BCUT2D eigenvalue weighted by atomic mass is 9.97. The molecular formula is C24H32N2O5Si. The molecule has 172 valence electrons. The summed E-state index contributed by atoms with van der Waals surface area (Å²) in [5.41, 5.74) is 7.24. The first kappa shape index (κ1) is 25.6. The molecule has 32 heavy (non-hydrogen) atoms. The molecule has 2 aromatic rings. The summed E-state index contributed by atoms with van der Waals surface area (Å²) in [7, 11) is 2.01. The van der Waals surface area contributed by atoms with Gasteiger partial charge in [-0.2, -0.15) is 0 Å². The van der Waals surface area contributed by atoms with Gasteiger partial charge in [0, 0.05) is 44.5 Å². The highest BCUT2D eigenvalue weighted by atomic mass is 28.4. The van der Waals surface area contributed by atoms with E-state index in [1.165, 1.54) is 0 Å². The van der Waals surface area contributed by atoms with E-state index in [2.05, 4.69) is 5.32 Å². The molecule has 3 N–H and O–H groups in total. The average Bonchev–Trinajstić information content (AvgIpc) is 2.85. The lowest BCUT2D eigenvalue weighted by molar-refractivity contribution is 0.0817. The van der Waals surface area contributed by atoms with Crippen molar-refractivity contribution >= 4 is 26.4 Å². The van der Waals surface area contributed by atoms with Crippen LogP contribution in [-0.2, 0) is 13.3 Å². The first-order valence-electron chi connectivity index (χ1n) is 10.5. The van der Waals surface area contributed by atoms with Crippen LogP contribution in [0.15, 0.2) is 60.8 Å². The minimum absolute atomic E-state index is 0.0609. The first-order chi connectivity index (χ1) is 15.5. The van der Waals surface area contributed by atoms with Crippen molar-refractivity contribution < 1.29 is 22.9 Å². The van der Waals surface area contributed by atoms with Crippen LogP contribution < -0.4 is 11.1 Å². The minimum atomic E-state index is -2.79. The van der Waals surface area contributed by atoms with E-state index >= 15 is 0 Å². The summed E-state index contributed by atoms with van der Waals surface area (Å²) in [6, 6.07) is 15.6. The molecule has 0 bridgehead atoms. The van der Waals surface area contributed by atoms with Crippen LogP contribution in [0.5, 0.6) is 0 Å². The zero-order valence-corrected chi connectivity index (χ0v) is 19.9. The predicted molar refractivity (Wildman–Crippen MR) is 127 cm³/mol. The Labute approximate surface area is 190 Å². The van der Waals surface area contributed by atoms with Crippen molar-refractivity contribution in [3.8, 4) is 0 Å².